The summed E-state index contributed by atoms with van der Waals surface area (Å²) < 4.78 is 5.05. The number of aryl methyl sites for hydroxylation is 1. The minimum Gasteiger partial charge on any atom is -0.462 e. The van der Waals surface area contributed by atoms with E-state index in [9.17, 15) is 9.59 Å². The van der Waals surface area contributed by atoms with Gasteiger partial charge in [0.1, 0.15) is 0 Å². The minimum absolute atomic E-state index is 0.133. The van der Waals surface area contributed by atoms with E-state index in [0.717, 1.165) is 5.56 Å². The summed E-state index contributed by atoms with van der Waals surface area (Å²) in [6.45, 7) is 5.52. The fourth-order valence-electron chi connectivity index (χ4n) is 2.69. The molecule has 140 valence electrons. The van der Waals surface area contributed by atoms with E-state index >= 15 is 0 Å². The first kappa shape index (κ1) is 18.8. The molecule has 3 aromatic heterocycles. The molecule has 2 N–H and O–H groups in total. The average Bonchev–Trinajstić information content (AvgIpc) is 3.25. The number of carbonyl (C=O) groups is 2. The van der Waals surface area contributed by atoms with Gasteiger partial charge in [0.25, 0.3) is 0 Å². The molecule has 8 nitrogen and oxygen atoms in total. The molecule has 0 aromatic carbocycles. The number of carbonyl (C=O) groups excluding carboxylic acids is 2. The molecule has 3 aromatic rings. The van der Waals surface area contributed by atoms with E-state index < -0.39 is 5.97 Å². The van der Waals surface area contributed by atoms with Crippen LogP contribution < -0.4 is 0 Å². The monoisotopic (exact) mass is 385 g/mol. The molecular formula is C18H19N5O3S. The molecule has 27 heavy (non-hydrogen) atoms. The van der Waals surface area contributed by atoms with E-state index in [2.05, 4.69) is 25.1 Å². The predicted molar refractivity (Wildman–Crippen MR) is 101 cm³/mol. The van der Waals surface area contributed by atoms with Crippen molar-refractivity contribution in [2.75, 3.05) is 12.4 Å². The van der Waals surface area contributed by atoms with Crippen molar-refractivity contribution in [2.24, 2.45) is 0 Å². The molecule has 0 saturated carbocycles. The van der Waals surface area contributed by atoms with Crippen LogP contribution in [0.15, 0.2) is 29.7 Å². The van der Waals surface area contributed by atoms with Crippen molar-refractivity contribution >= 4 is 23.5 Å². The Bertz CT molecular complexity index is 965. The van der Waals surface area contributed by atoms with Gasteiger partial charge in [-0.3, -0.25) is 14.9 Å². The molecule has 0 radical (unpaired) electrons. The first-order valence-electron chi connectivity index (χ1n) is 8.36. The lowest BCUT2D eigenvalue weighted by Crippen LogP contribution is -2.08. The maximum absolute atomic E-state index is 12.6. The Morgan fingerprint density at radius 3 is 2.67 bits per heavy atom. The smallest absolute Gasteiger partial charge is 0.340 e. The van der Waals surface area contributed by atoms with Gasteiger partial charge in [0.05, 0.1) is 23.6 Å². The second kappa shape index (κ2) is 8.17. The van der Waals surface area contributed by atoms with E-state index in [1.165, 1.54) is 11.8 Å². The van der Waals surface area contributed by atoms with Crippen LogP contribution in [0, 0.1) is 13.8 Å². The number of H-pyrrole nitrogens is 2. The largest absolute Gasteiger partial charge is 0.462 e. The number of aromatic nitrogens is 5. The van der Waals surface area contributed by atoms with Crippen LogP contribution in [0.4, 0.5) is 0 Å². The third kappa shape index (κ3) is 4.08. The summed E-state index contributed by atoms with van der Waals surface area (Å²) in [5, 5.41) is 7.45. The van der Waals surface area contributed by atoms with Crippen LogP contribution in [0.1, 0.15) is 39.0 Å². The number of pyridine rings is 1. The van der Waals surface area contributed by atoms with Gasteiger partial charge in [-0.25, -0.2) is 9.78 Å². The molecule has 0 atom stereocenters. The molecule has 0 saturated heterocycles. The molecule has 0 aliphatic carbocycles. The zero-order valence-electron chi connectivity index (χ0n) is 15.2. The van der Waals surface area contributed by atoms with Crippen LogP contribution in [0.2, 0.25) is 0 Å². The normalized spacial score (nSPS) is 10.8. The number of thioether (sulfide) groups is 1. The Balaban J connectivity index is 1.69. The number of esters is 1. The van der Waals surface area contributed by atoms with Crippen molar-refractivity contribution in [3.8, 4) is 11.4 Å². The van der Waals surface area contributed by atoms with Crippen LogP contribution in [-0.4, -0.2) is 49.3 Å². The molecule has 0 amide bonds. The van der Waals surface area contributed by atoms with Crippen LogP contribution in [-0.2, 0) is 4.74 Å². The molecule has 0 aliphatic heterocycles. The summed E-state index contributed by atoms with van der Waals surface area (Å²) in [5.74, 6) is 0.207. The number of aromatic amines is 2. The molecular weight excluding hydrogens is 366 g/mol. The van der Waals surface area contributed by atoms with Crippen molar-refractivity contribution in [3.05, 3.63) is 47.0 Å². The summed E-state index contributed by atoms with van der Waals surface area (Å²) in [4.78, 5) is 36.0. The summed E-state index contributed by atoms with van der Waals surface area (Å²) in [7, 11) is 0. The van der Waals surface area contributed by atoms with E-state index in [1.54, 1.807) is 33.2 Å². The fraction of sp³-hybridized carbons (Fsp3) is 0.278. The highest BCUT2D eigenvalue weighted by atomic mass is 32.2. The summed E-state index contributed by atoms with van der Waals surface area (Å²) in [6, 6.07) is 3.64. The van der Waals surface area contributed by atoms with Crippen molar-refractivity contribution in [3.63, 3.8) is 0 Å². The van der Waals surface area contributed by atoms with Gasteiger partial charge in [0, 0.05) is 23.7 Å². The van der Waals surface area contributed by atoms with E-state index in [0.29, 0.717) is 33.5 Å². The first-order valence-corrected chi connectivity index (χ1v) is 9.34. The summed E-state index contributed by atoms with van der Waals surface area (Å²) in [5.41, 5.74) is 2.92. The Labute approximate surface area is 160 Å². The molecule has 0 fully saturated rings. The topological polar surface area (TPSA) is 114 Å². The molecule has 0 aliphatic rings. The van der Waals surface area contributed by atoms with Crippen LogP contribution in [0.3, 0.4) is 0 Å². The number of ketones is 1. The number of nitrogens with one attached hydrogen (secondary N) is 2. The summed E-state index contributed by atoms with van der Waals surface area (Å²) >= 11 is 1.23. The van der Waals surface area contributed by atoms with Gasteiger partial charge in [0.2, 0.25) is 5.16 Å². The Morgan fingerprint density at radius 2 is 1.96 bits per heavy atom. The highest BCUT2D eigenvalue weighted by Gasteiger charge is 2.23. The minimum atomic E-state index is -0.425. The van der Waals surface area contributed by atoms with Gasteiger partial charge in [-0.2, -0.15) is 0 Å². The Kier molecular flexibility index (Phi) is 5.70. The van der Waals surface area contributed by atoms with Crippen molar-refractivity contribution in [1.82, 2.24) is 25.1 Å². The average molecular weight is 385 g/mol. The van der Waals surface area contributed by atoms with Gasteiger partial charge in [0.15, 0.2) is 11.6 Å². The summed E-state index contributed by atoms with van der Waals surface area (Å²) in [6.07, 6.45) is 3.34. The fourth-order valence-corrected chi connectivity index (χ4v) is 3.36. The van der Waals surface area contributed by atoms with Gasteiger partial charge in [-0.1, -0.05) is 11.8 Å². The number of rotatable bonds is 7. The van der Waals surface area contributed by atoms with Gasteiger partial charge in [-0.15, -0.1) is 5.10 Å². The second-order valence-electron chi connectivity index (χ2n) is 5.76. The number of Topliss-reactive ketones (excluding diaryl/α,β-unsaturated/α-hetero) is 1. The zero-order chi connectivity index (χ0) is 19.4. The second-order valence-corrected chi connectivity index (χ2v) is 6.70. The first-order chi connectivity index (χ1) is 13.0. The number of ether oxygens (including phenoxy) is 1. The maximum Gasteiger partial charge on any atom is 0.340 e. The highest BCUT2D eigenvalue weighted by molar-refractivity contribution is 7.99. The van der Waals surface area contributed by atoms with Crippen LogP contribution in [0.25, 0.3) is 11.4 Å². The van der Waals surface area contributed by atoms with Gasteiger partial charge < -0.3 is 9.72 Å². The van der Waals surface area contributed by atoms with E-state index in [4.69, 9.17) is 4.74 Å². The lowest BCUT2D eigenvalue weighted by molar-refractivity contribution is 0.0525. The number of hydrogen-bond donors (Lipinski definition) is 2. The number of nitrogens with zero attached hydrogens (tertiary/aromatic N) is 3. The van der Waals surface area contributed by atoms with Gasteiger partial charge in [-0.05, 0) is 38.5 Å². The molecule has 3 heterocycles. The zero-order valence-corrected chi connectivity index (χ0v) is 16.0. The Hall–Kier alpha value is -2.94. The number of hydrogen-bond acceptors (Lipinski definition) is 7. The van der Waals surface area contributed by atoms with E-state index in [-0.39, 0.29) is 18.1 Å². The predicted octanol–water partition coefficient (Wildman–Crippen LogP) is 2.96. The lowest BCUT2D eigenvalue weighted by atomic mass is 10.1. The third-order valence-corrected chi connectivity index (χ3v) is 4.79. The maximum atomic E-state index is 12.6. The van der Waals surface area contributed by atoms with Crippen LogP contribution in [0.5, 0.6) is 0 Å². The van der Waals surface area contributed by atoms with Crippen molar-refractivity contribution in [1.29, 1.82) is 0 Å². The molecule has 0 spiro atoms. The molecule has 0 unspecified atom stereocenters. The highest BCUT2D eigenvalue weighted by Crippen LogP contribution is 2.23. The SMILES string of the molecule is CCOC(=O)c1c(C)[nH]c(C(=O)CSc2n[nH]c(-c3ccncc3)n2)c1C. The Morgan fingerprint density at radius 1 is 1.22 bits per heavy atom. The van der Waals surface area contributed by atoms with Crippen LogP contribution >= 0.6 is 11.8 Å². The molecule has 9 heteroatoms. The van der Waals surface area contributed by atoms with Gasteiger partial charge >= 0.3 is 5.97 Å². The molecule has 0 bridgehead atoms. The quantitative estimate of drug-likeness (QED) is 0.365. The third-order valence-electron chi connectivity index (χ3n) is 3.95. The lowest BCUT2D eigenvalue weighted by Gasteiger charge is -2.02. The molecule has 3 rings (SSSR count). The van der Waals surface area contributed by atoms with Crippen molar-refractivity contribution < 1.29 is 14.3 Å². The van der Waals surface area contributed by atoms with Crippen molar-refractivity contribution in [2.45, 2.75) is 25.9 Å². The standard InChI is InChI=1S/C18H19N5O3S/c1-4-26-17(25)14-10(2)15(20-11(14)3)13(24)9-27-18-21-16(22-23-18)12-5-7-19-8-6-12/h5-8,20H,4,9H2,1-3H3,(H,21,22,23). The van der Waals surface area contributed by atoms with E-state index in [1.807, 2.05) is 12.1 Å².